The van der Waals surface area contributed by atoms with Crippen LogP contribution in [-0.2, 0) is 4.79 Å². The summed E-state index contributed by atoms with van der Waals surface area (Å²) in [5.74, 6) is -2.02. The highest BCUT2D eigenvalue weighted by Crippen LogP contribution is 2.16. The quantitative estimate of drug-likeness (QED) is 0.701. The predicted octanol–water partition coefficient (Wildman–Crippen LogP) is 0.219. The monoisotopic (exact) mass is 239 g/mol. The van der Waals surface area contributed by atoms with Crippen LogP contribution in [0.5, 0.6) is 0 Å². The molecule has 1 aliphatic heterocycles. The normalized spacial score (nSPS) is 18.9. The van der Waals surface area contributed by atoms with Gasteiger partial charge in [0.05, 0.1) is 12.2 Å². The number of nitrogens with zero attached hydrogens (tertiary/aromatic N) is 1. The second-order valence-corrected chi connectivity index (χ2v) is 3.70. The molecule has 17 heavy (non-hydrogen) atoms. The molecule has 0 radical (unpaired) electrons. The summed E-state index contributed by atoms with van der Waals surface area (Å²) in [6.07, 6.45) is 1.18. The van der Waals surface area contributed by atoms with Gasteiger partial charge in [0.1, 0.15) is 17.2 Å². The number of amides is 1. The molecule has 1 atom stereocenters. The average molecular weight is 239 g/mol. The molecule has 0 saturated carbocycles. The smallest absolute Gasteiger partial charge is 0.339 e. The van der Waals surface area contributed by atoms with E-state index in [0.717, 1.165) is 12.3 Å². The van der Waals surface area contributed by atoms with Crippen LogP contribution in [0.3, 0.4) is 0 Å². The molecular formula is C10H10FN3O3. The largest absolute Gasteiger partial charge is 0.478 e. The van der Waals surface area contributed by atoms with E-state index in [9.17, 15) is 14.0 Å². The molecular weight excluding hydrogens is 229 g/mol. The van der Waals surface area contributed by atoms with Crippen molar-refractivity contribution in [2.45, 2.75) is 12.5 Å². The van der Waals surface area contributed by atoms with Crippen molar-refractivity contribution in [2.24, 2.45) is 0 Å². The van der Waals surface area contributed by atoms with Gasteiger partial charge in [-0.2, -0.15) is 0 Å². The molecule has 7 heteroatoms. The predicted molar refractivity (Wildman–Crippen MR) is 56.2 cm³/mol. The number of carbonyl (C=O) groups excluding carboxylic acids is 1. The van der Waals surface area contributed by atoms with Gasteiger partial charge in [-0.1, -0.05) is 0 Å². The van der Waals surface area contributed by atoms with Gasteiger partial charge in [-0.05, 0) is 6.07 Å². The van der Waals surface area contributed by atoms with Crippen molar-refractivity contribution in [3.8, 4) is 0 Å². The Labute approximate surface area is 95.9 Å². The molecule has 1 fully saturated rings. The van der Waals surface area contributed by atoms with Gasteiger partial charge in [0.2, 0.25) is 5.91 Å². The Morgan fingerprint density at radius 1 is 1.65 bits per heavy atom. The van der Waals surface area contributed by atoms with Crippen molar-refractivity contribution in [1.29, 1.82) is 0 Å². The van der Waals surface area contributed by atoms with Gasteiger partial charge in [0.25, 0.3) is 0 Å². The molecule has 2 rings (SSSR count). The van der Waals surface area contributed by atoms with Crippen LogP contribution >= 0.6 is 0 Å². The third-order valence-electron chi connectivity index (χ3n) is 2.40. The van der Waals surface area contributed by atoms with Crippen molar-refractivity contribution < 1.29 is 19.1 Å². The van der Waals surface area contributed by atoms with Gasteiger partial charge < -0.3 is 15.7 Å². The number of hydrogen-bond acceptors (Lipinski definition) is 4. The Bertz CT molecular complexity index is 478. The second-order valence-electron chi connectivity index (χ2n) is 3.70. The summed E-state index contributed by atoms with van der Waals surface area (Å²) in [6.45, 7) is 0.400. The Balaban J connectivity index is 2.20. The minimum atomic E-state index is -1.27. The van der Waals surface area contributed by atoms with Crippen LogP contribution in [-0.4, -0.2) is 34.6 Å². The third kappa shape index (κ3) is 2.49. The molecule has 0 aliphatic carbocycles. The summed E-state index contributed by atoms with van der Waals surface area (Å²) in [6, 6.07) is 0.667. The molecule has 2 heterocycles. The molecule has 0 bridgehead atoms. The lowest BCUT2D eigenvalue weighted by molar-refractivity contribution is -0.119. The Hall–Kier alpha value is -2.18. The van der Waals surface area contributed by atoms with E-state index in [4.69, 9.17) is 5.11 Å². The Morgan fingerprint density at radius 3 is 3.00 bits per heavy atom. The van der Waals surface area contributed by atoms with E-state index in [1.54, 1.807) is 0 Å². The first-order chi connectivity index (χ1) is 8.06. The number of hydrogen-bond donors (Lipinski definition) is 3. The third-order valence-corrected chi connectivity index (χ3v) is 2.40. The van der Waals surface area contributed by atoms with Crippen LogP contribution in [0, 0.1) is 5.82 Å². The number of anilines is 1. The number of halogens is 1. The van der Waals surface area contributed by atoms with Gasteiger partial charge >= 0.3 is 5.97 Å². The molecule has 1 aromatic rings. The molecule has 1 aromatic heterocycles. The van der Waals surface area contributed by atoms with Gasteiger partial charge in [0, 0.05) is 13.0 Å². The number of rotatable bonds is 3. The van der Waals surface area contributed by atoms with Crippen LogP contribution in [0.1, 0.15) is 16.8 Å². The van der Waals surface area contributed by atoms with Gasteiger partial charge in [-0.25, -0.2) is 14.2 Å². The summed E-state index contributed by atoms with van der Waals surface area (Å²) in [5.41, 5.74) is -0.246. The number of aromatic carboxylic acids is 1. The SMILES string of the molecule is O=C1CC(Nc2ncc(F)cc2C(=O)O)CN1. The zero-order valence-electron chi connectivity index (χ0n) is 8.74. The number of pyridine rings is 1. The lowest BCUT2D eigenvalue weighted by Gasteiger charge is -2.12. The van der Waals surface area contributed by atoms with E-state index in [2.05, 4.69) is 15.6 Å². The fourth-order valence-corrected chi connectivity index (χ4v) is 1.62. The van der Waals surface area contributed by atoms with Crippen molar-refractivity contribution in [1.82, 2.24) is 10.3 Å². The molecule has 1 aliphatic rings. The zero-order chi connectivity index (χ0) is 12.4. The van der Waals surface area contributed by atoms with Crippen molar-refractivity contribution in [2.75, 3.05) is 11.9 Å². The van der Waals surface area contributed by atoms with E-state index in [1.807, 2.05) is 0 Å². The maximum Gasteiger partial charge on any atom is 0.339 e. The molecule has 0 aromatic carbocycles. The Kier molecular flexibility index (Phi) is 2.90. The number of aromatic nitrogens is 1. The fourth-order valence-electron chi connectivity index (χ4n) is 1.62. The van der Waals surface area contributed by atoms with E-state index in [-0.39, 0.29) is 29.8 Å². The number of nitrogens with one attached hydrogen (secondary N) is 2. The van der Waals surface area contributed by atoms with Crippen LogP contribution in [0.25, 0.3) is 0 Å². The maximum atomic E-state index is 12.9. The van der Waals surface area contributed by atoms with E-state index in [1.165, 1.54) is 0 Å². The molecule has 1 unspecified atom stereocenters. The van der Waals surface area contributed by atoms with E-state index < -0.39 is 11.8 Å². The number of carboxylic acids is 1. The lowest BCUT2D eigenvalue weighted by atomic mass is 10.2. The minimum absolute atomic E-state index is 0.0698. The van der Waals surface area contributed by atoms with Gasteiger partial charge in [0.15, 0.2) is 0 Å². The van der Waals surface area contributed by atoms with Gasteiger partial charge in [-0.15, -0.1) is 0 Å². The molecule has 90 valence electrons. The summed E-state index contributed by atoms with van der Waals surface area (Å²) in [4.78, 5) is 25.5. The zero-order valence-corrected chi connectivity index (χ0v) is 8.74. The number of carbonyl (C=O) groups is 2. The van der Waals surface area contributed by atoms with Crippen LogP contribution in [0.15, 0.2) is 12.3 Å². The summed E-state index contributed by atoms with van der Waals surface area (Å²) < 4.78 is 12.9. The van der Waals surface area contributed by atoms with Crippen LogP contribution in [0.2, 0.25) is 0 Å². The van der Waals surface area contributed by atoms with Gasteiger partial charge in [-0.3, -0.25) is 4.79 Å². The van der Waals surface area contributed by atoms with E-state index >= 15 is 0 Å². The minimum Gasteiger partial charge on any atom is -0.478 e. The molecule has 1 amide bonds. The average Bonchev–Trinajstić information content (AvgIpc) is 2.66. The first-order valence-electron chi connectivity index (χ1n) is 4.98. The molecule has 6 nitrogen and oxygen atoms in total. The topological polar surface area (TPSA) is 91.3 Å². The highest BCUT2D eigenvalue weighted by atomic mass is 19.1. The highest BCUT2D eigenvalue weighted by molar-refractivity contribution is 5.93. The fraction of sp³-hybridized carbons (Fsp3) is 0.300. The molecule has 1 saturated heterocycles. The van der Waals surface area contributed by atoms with Crippen molar-refractivity contribution in [3.05, 3.63) is 23.6 Å². The van der Waals surface area contributed by atoms with Crippen LogP contribution < -0.4 is 10.6 Å². The first kappa shape index (κ1) is 11.3. The van der Waals surface area contributed by atoms with E-state index in [0.29, 0.717) is 6.54 Å². The Morgan fingerprint density at radius 2 is 2.41 bits per heavy atom. The molecule has 3 N–H and O–H groups in total. The van der Waals surface area contributed by atoms with Crippen molar-refractivity contribution >= 4 is 17.7 Å². The molecule has 0 spiro atoms. The lowest BCUT2D eigenvalue weighted by Crippen LogP contribution is -2.24. The standard InChI is InChI=1S/C10H10FN3O3/c11-5-1-7(10(16)17)9(13-3-5)14-6-2-8(15)12-4-6/h1,3,6H,2,4H2,(H,12,15)(H,13,14)(H,16,17). The second kappa shape index (κ2) is 4.36. The first-order valence-corrected chi connectivity index (χ1v) is 4.98. The highest BCUT2D eigenvalue weighted by Gasteiger charge is 2.23. The summed E-state index contributed by atoms with van der Waals surface area (Å²) >= 11 is 0. The summed E-state index contributed by atoms with van der Waals surface area (Å²) in [5, 5.41) is 14.3. The number of carboxylic acid groups (broad SMARTS) is 1. The van der Waals surface area contributed by atoms with Crippen molar-refractivity contribution in [3.63, 3.8) is 0 Å². The van der Waals surface area contributed by atoms with Crippen LogP contribution in [0.4, 0.5) is 10.2 Å². The summed E-state index contributed by atoms with van der Waals surface area (Å²) in [7, 11) is 0. The maximum absolute atomic E-state index is 12.9.